The van der Waals surface area contributed by atoms with E-state index < -0.39 is 0 Å². The minimum absolute atomic E-state index is 0.0913. The van der Waals surface area contributed by atoms with Crippen LogP contribution in [0.25, 0.3) is 33.8 Å². The van der Waals surface area contributed by atoms with Gasteiger partial charge in [0.1, 0.15) is 5.69 Å². The van der Waals surface area contributed by atoms with Crippen LogP contribution in [-0.2, 0) is 22.7 Å². The molecule has 48 heavy (non-hydrogen) atoms. The minimum atomic E-state index is 0.0913. The molecule has 0 aliphatic carbocycles. The molecule has 0 saturated carbocycles. The second-order valence-corrected chi connectivity index (χ2v) is 12.5. The number of amides is 2. The van der Waals surface area contributed by atoms with Gasteiger partial charge in [-0.25, -0.2) is 9.97 Å². The fourth-order valence-corrected chi connectivity index (χ4v) is 6.67. The van der Waals surface area contributed by atoms with Crippen molar-refractivity contribution < 1.29 is 19.1 Å². The molecule has 6 rings (SSSR count). The van der Waals surface area contributed by atoms with Crippen molar-refractivity contribution >= 4 is 35.0 Å². The van der Waals surface area contributed by atoms with Crippen molar-refractivity contribution in [1.29, 1.82) is 0 Å². The number of aromatic nitrogens is 3. The van der Waals surface area contributed by atoms with E-state index in [0.717, 1.165) is 35.1 Å². The van der Waals surface area contributed by atoms with Crippen molar-refractivity contribution in [3.05, 3.63) is 75.9 Å². The van der Waals surface area contributed by atoms with E-state index in [1.807, 2.05) is 48.5 Å². The first-order valence-electron chi connectivity index (χ1n) is 15.9. The molecular weight excluding hydrogens is 653 g/mol. The molecule has 2 aliphatic heterocycles. The standard InChI is InChI=1S/C35H37Cl2N7O4/c1-47-34-20(16-38-18-22-8-12-29(45)41-22)6-10-27(43-34)26-5-3-4-24(31(26)36)25-14-15-40-33(32(25)37)28-11-7-21(35(44-28)48-2)17-39-19-23-9-13-30(46)42-23/h3-7,10-11,14-15,22-23,38-39H,8-9,12-13,16-19H2,1-2H3,(H,41,45)(H,42,46)/t22-,23-/m1/s1. The molecule has 1 aromatic carbocycles. The van der Waals surface area contributed by atoms with Gasteiger partial charge in [0.05, 0.1) is 35.7 Å². The van der Waals surface area contributed by atoms with Gasteiger partial charge in [-0.05, 0) is 31.0 Å². The van der Waals surface area contributed by atoms with Crippen molar-refractivity contribution in [2.45, 2.75) is 50.9 Å². The summed E-state index contributed by atoms with van der Waals surface area (Å²) in [6.07, 6.45) is 4.47. The summed E-state index contributed by atoms with van der Waals surface area (Å²) in [6, 6.07) is 15.5. The predicted molar refractivity (Wildman–Crippen MR) is 185 cm³/mol. The van der Waals surface area contributed by atoms with Crippen molar-refractivity contribution in [3.63, 3.8) is 0 Å². The monoisotopic (exact) mass is 689 g/mol. The van der Waals surface area contributed by atoms with E-state index in [2.05, 4.69) is 26.3 Å². The number of methoxy groups -OCH3 is 2. The van der Waals surface area contributed by atoms with Crippen molar-refractivity contribution in [3.8, 4) is 45.5 Å². The van der Waals surface area contributed by atoms with Crippen LogP contribution in [0.4, 0.5) is 0 Å². The van der Waals surface area contributed by atoms with Crippen LogP contribution in [0.3, 0.4) is 0 Å². The Labute approximate surface area is 289 Å². The molecule has 3 aromatic heterocycles. The first-order chi connectivity index (χ1) is 23.3. The second kappa shape index (κ2) is 15.3. The van der Waals surface area contributed by atoms with Crippen molar-refractivity contribution in [2.24, 2.45) is 0 Å². The molecule has 4 N–H and O–H groups in total. The summed E-state index contributed by atoms with van der Waals surface area (Å²) in [7, 11) is 3.17. The average molecular weight is 691 g/mol. The minimum Gasteiger partial charge on any atom is -0.481 e. The van der Waals surface area contributed by atoms with Gasteiger partial charge in [0.25, 0.3) is 0 Å². The summed E-state index contributed by atoms with van der Waals surface area (Å²) in [4.78, 5) is 37.0. The zero-order valence-corrected chi connectivity index (χ0v) is 28.3. The van der Waals surface area contributed by atoms with Gasteiger partial charge >= 0.3 is 0 Å². The van der Waals surface area contributed by atoms with E-state index in [-0.39, 0.29) is 23.9 Å². The molecule has 0 unspecified atom stereocenters. The Morgan fingerprint density at radius 3 is 1.83 bits per heavy atom. The zero-order valence-electron chi connectivity index (χ0n) is 26.7. The first kappa shape index (κ1) is 33.6. The number of nitrogens with one attached hydrogen (secondary N) is 4. The van der Waals surface area contributed by atoms with E-state index in [0.29, 0.717) is 83.5 Å². The highest BCUT2D eigenvalue weighted by Gasteiger charge is 2.22. The highest BCUT2D eigenvalue weighted by molar-refractivity contribution is 6.39. The molecule has 2 atom stereocenters. The van der Waals surface area contributed by atoms with Crippen LogP contribution in [0.15, 0.2) is 54.7 Å². The fraction of sp³-hybridized carbons (Fsp3) is 0.343. The molecule has 5 heterocycles. The lowest BCUT2D eigenvalue weighted by Crippen LogP contribution is -2.35. The molecule has 0 spiro atoms. The zero-order chi connectivity index (χ0) is 33.6. The third-order valence-electron chi connectivity index (χ3n) is 8.54. The lowest BCUT2D eigenvalue weighted by atomic mass is 10.00. The Morgan fingerprint density at radius 1 is 0.729 bits per heavy atom. The number of halogens is 2. The third kappa shape index (κ3) is 7.55. The van der Waals surface area contributed by atoms with Crippen LogP contribution in [0.5, 0.6) is 11.8 Å². The van der Waals surface area contributed by atoms with Crippen LogP contribution in [0, 0.1) is 0 Å². The normalized spacial score (nSPS) is 17.3. The van der Waals surface area contributed by atoms with E-state index in [1.54, 1.807) is 20.4 Å². The van der Waals surface area contributed by atoms with Crippen molar-refractivity contribution in [1.82, 2.24) is 36.2 Å². The second-order valence-electron chi connectivity index (χ2n) is 11.8. The largest absolute Gasteiger partial charge is 0.481 e. The maximum absolute atomic E-state index is 11.5. The van der Waals surface area contributed by atoms with Gasteiger partial charge in [-0.15, -0.1) is 0 Å². The van der Waals surface area contributed by atoms with Gasteiger partial charge in [-0.2, -0.15) is 0 Å². The number of carbonyl (C=O) groups is 2. The topological polar surface area (TPSA) is 139 Å². The number of rotatable bonds is 13. The number of hydrogen-bond donors (Lipinski definition) is 4. The number of nitrogens with zero attached hydrogens (tertiary/aromatic N) is 3. The quantitative estimate of drug-likeness (QED) is 0.154. The Balaban J connectivity index is 1.20. The highest BCUT2D eigenvalue weighted by atomic mass is 35.5. The molecule has 0 radical (unpaired) electrons. The average Bonchev–Trinajstić information content (AvgIpc) is 3.72. The molecule has 11 nitrogen and oxygen atoms in total. The van der Waals surface area contributed by atoms with E-state index >= 15 is 0 Å². The number of hydrogen-bond acceptors (Lipinski definition) is 9. The van der Waals surface area contributed by atoms with E-state index in [4.69, 9.17) is 42.6 Å². The van der Waals surface area contributed by atoms with Crippen LogP contribution in [0.2, 0.25) is 10.0 Å². The lowest BCUT2D eigenvalue weighted by Gasteiger charge is -2.16. The van der Waals surface area contributed by atoms with E-state index in [9.17, 15) is 9.59 Å². The number of benzene rings is 1. The summed E-state index contributed by atoms with van der Waals surface area (Å²) in [5.41, 5.74) is 5.63. The number of pyridine rings is 3. The summed E-state index contributed by atoms with van der Waals surface area (Å²) in [5, 5.41) is 13.6. The van der Waals surface area contributed by atoms with Crippen LogP contribution in [-0.4, -0.2) is 66.2 Å². The van der Waals surface area contributed by atoms with Crippen LogP contribution >= 0.6 is 23.2 Å². The maximum atomic E-state index is 11.5. The van der Waals surface area contributed by atoms with Gasteiger partial charge < -0.3 is 30.7 Å². The lowest BCUT2D eigenvalue weighted by molar-refractivity contribution is -0.120. The number of ether oxygens (including phenoxy) is 2. The van der Waals surface area contributed by atoms with Crippen molar-refractivity contribution in [2.75, 3.05) is 27.3 Å². The molecule has 2 aliphatic rings. The first-order valence-corrected chi connectivity index (χ1v) is 16.6. The third-order valence-corrected chi connectivity index (χ3v) is 9.33. The molecule has 2 amide bonds. The van der Waals surface area contributed by atoms with Crippen LogP contribution in [0.1, 0.15) is 36.8 Å². The van der Waals surface area contributed by atoms with Gasteiger partial charge in [-0.1, -0.05) is 53.5 Å². The van der Waals surface area contributed by atoms with Gasteiger partial charge in [0.15, 0.2) is 0 Å². The molecule has 13 heteroatoms. The van der Waals surface area contributed by atoms with Gasteiger partial charge in [-0.3, -0.25) is 14.6 Å². The summed E-state index contributed by atoms with van der Waals surface area (Å²) in [5.74, 6) is 1.14. The predicted octanol–water partition coefficient (Wildman–Crippen LogP) is 4.93. The smallest absolute Gasteiger partial charge is 0.220 e. The summed E-state index contributed by atoms with van der Waals surface area (Å²) < 4.78 is 11.2. The molecule has 4 aromatic rings. The highest BCUT2D eigenvalue weighted by Crippen LogP contribution is 2.41. The fourth-order valence-electron chi connectivity index (χ4n) is 6.03. The van der Waals surface area contributed by atoms with Crippen LogP contribution < -0.4 is 30.7 Å². The molecular formula is C35H37Cl2N7O4. The van der Waals surface area contributed by atoms with Gasteiger partial charge in [0.2, 0.25) is 23.6 Å². The molecule has 0 bridgehead atoms. The molecule has 2 saturated heterocycles. The summed E-state index contributed by atoms with van der Waals surface area (Å²) in [6.45, 7) is 2.41. The molecule has 2 fully saturated rings. The number of carbonyl (C=O) groups excluding carboxylic acids is 2. The Morgan fingerprint density at radius 2 is 1.27 bits per heavy atom. The Kier molecular flexibility index (Phi) is 10.7. The van der Waals surface area contributed by atoms with Gasteiger partial charge in [0, 0.05) is 85.1 Å². The maximum Gasteiger partial charge on any atom is 0.220 e. The Hall–Kier alpha value is -4.29. The SMILES string of the molecule is COc1nc(-c2cccc(-c3ccnc(-c4ccc(CNC[C@H]5CCC(=O)N5)c(OC)n4)c3Cl)c2Cl)ccc1CNC[C@H]1CCC(=O)N1. The Bertz CT molecular complexity index is 1690. The van der Waals surface area contributed by atoms with E-state index in [1.165, 1.54) is 0 Å². The summed E-state index contributed by atoms with van der Waals surface area (Å²) >= 11 is 14.1. The molecule has 250 valence electrons.